The van der Waals surface area contributed by atoms with E-state index in [9.17, 15) is 9.59 Å². The van der Waals surface area contributed by atoms with Gasteiger partial charge in [-0.15, -0.1) is 0 Å². The number of allylic oxidation sites excluding steroid dienone is 2. The van der Waals surface area contributed by atoms with Gasteiger partial charge < -0.3 is 9.64 Å². The second kappa shape index (κ2) is 6.03. The lowest BCUT2D eigenvalue weighted by molar-refractivity contribution is -0.149. The molecule has 1 aliphatic heterocycles. The minimum absolute atomic E-state index is 0.0229. The van der Waals surface area contributed by atoms with Crippen molar-refractivity contribution in [2.24, 2.45) is 11.8 Å². The molecular weight excluding hydrogens is 230 g/mol. The molecule has 1 fully saturated rings. The third-order valence-electron chi connectivity index (χ3n) is 3.96. The summed E-state index contributed by atoms with van der Waals surface area (Å²) < 4.78 is 4.75. The molecule has 18 heavy (non-hydrogen) atoms. The Morgan fingerprint density at radius 1 is 1.11 bits per heavy atom. The Bertz CT molecular complexity index is 343. The monoisotopic (exact) mass is 251 g/mol. The molecule has 0 saturated carbocycles. The summed E-state index contributed by atoms with van der Waals surface area (Å²) in [5, 5.41) is 0. The Morgan fingerprint density at radius 3 is 2.39 bits per heavy atom. The van der Waals surface area contributed by atoms with Gasteiger partial charge in [-0.3, -0.25) is 9.59 Å². The number of rotatable bonds is 2. The molecule has 0 bridgehead atoms. The van der Waals surface area contributed by atoms with E-state index in [1.165, 1.54) is 7.11 Å². The summed E-state index contributed by atoms with van der Waals surface area (Å²) in [6.45, 7) is 1.39. The molecule has 0 aromatic carbocycles. The fraction of sp³-hybridized carbons (Fsp3) is 0.714. The summed E-state index contributed by atoms with van der Waals surface area (Å²) in [6, 6.07) is 0. The van der Waals surface area contributed by atoms with E-state index in [0.717, 1.165) is 32.1 Å². The van der Waals surface area contributed by atoms with Gasteiger partial charge >= 0.3 is 5.97 Å². The molecule has 0 aromatic heterocycles. The van der Waals surface area contributed by atoms with Crippen LogP contribution in [0.5, 0.6) is 0 Å². The molecule has 1 aliphatic carbocycles. The first-order chi connectivity index (χ1) is 8.72. The van der Waals surface area contributed by atoms with Crippen LogP contribution in [0.15, 0.2) is 12.2 Å². The Kier molecular flexibility index (Phi) is 4.39. The van der Waals surface area contributed by atoms with E-state index < -0.39 is 0 Å². The number of nitrogens with zero attached hydrogens (tertiary/aromatic N) is 1. The number of hydrogen-bond acceptors (Lipinski definition) is 3. The molecule has 2 rings (SSSR count). The van der Waals surface area contributed by atoms with Gasteiger partial charge in [0.05, 0.1) is 13.0 Å². The third kappa shape index (κ3) is 2.92. The average Bonchev–Trinajstić information content (AvgIpc) is 2.47. The van der Waals surface area contributed by atoms with E-state index >= 15 is 0 Å². The number of piperidine rings is 1. The van der Waals surface area contributed by atoms with Gasteiger partial charge in [0.15, 0.2) is 0 Å². The topological polar surface area (TPSA) is 46.6 Å². The molecule has 0 radical (unpaired) electrons. The largest absolute Gasteiger partial charge is 0.469 e. The van der Waals surface area contributed by atoms with E-state index in [-0.39, 0.29) is 23.7 Å². The lowest BCUT2D eigenvalue weighted by atomic mass is 9.91. The molecule has 0 aromatic rings. The second-order valence-corrected chi connectivity index (χ2v) is 5.10. The fourth-order valence-corrected chi connectivity index (χ4v) is 2.78. The second-order valence-electron chi connectivity index (χ2n) is 5.10. The molecule has 4 nitrogen and oxygen atoms in total. The zero-order valence-corrected chi connectivity index (χ0v) is 10.9. The van der Waals surface area contributed by atoms with Gasteiger partial charge in [-0.1, -0.05) is 12.2 Å². The highest BCUT2D eigenvalue weighted by atomic mass is 16.5. The van der Waals surface area contributed by atoms with Crippen LogP contribution in [0.25, 0.3) is 0 Å². The van der Waals surface area contributed by atoms with E-state index in [1.54, 1.807) is 0 Å². The van der Waals surface area contributed by atoms with E-state index in [4.69, 9.17) is 4.74 Å². The number of esters is 1. The summed E-state index contributed by atoms with van der Waals surface area (Å²) in [5.41, 5.74) is 0. The first-order valence-electron chi connectivity index (χ1n) is 6.74. The maximum atomic E-state index is 12.3. The smallest absolute Gasteiger partial charge is 0.308 e. The fourth-order valence-electron chi connectivity index (χ4n) is 2.78. The van der Waals surface area contributed by atoms with Crippen molar-refractivity contribution >= 4 is 11.9 Å². The number of carbonyl (C=O) groups is 2. The lowest BCUT2D eigenvalue weighted by Gasteiger charge is -2.33. The molecule has 0 N–H and O–H groups in total. The Morgan fingerprint density at radius 2 is 1.83 bits per heavy atom. The van der Waals surface area contributed by atoms with Crippen molar-refractivity contribution in [3.05, 3.63) is 12.2 Å². The predicted molar refractivity (Wildman–Crippen MR) is 67.8 cm³/mol. The van der Waals surface area contributed by atoms with Crippen LogP contribution in [0.4, 0.5) is 0 Å². The number of amides is 1. The number of hydrogen-bond donors (Lipinski definition) is 0. The van der Waals surface area contributed by atoms with Crippen molar-refractivity contribution in [1.29, 1.82) is 0 Å². The molecule has 1 amide bonds. The van der Waals surface area contributed by atoms with Crippen molar-refractivity contribution in [2.45, 2.75) is 32.1 Å². The van der Waals surface area contributed by atoms with Crippen molar-refractivity contribution in [2.75, 3.05) is 20.2 Å². The zero-order chi connectivity index (χ0) is 13.0. The van der Waals surface area contributed by atoms with E-state index in [1.807, 2.05) is 4.90 Å². The quantitative estimate of drug-likeness (QED) is 0.555. The van der Waals surface area contributed by atoms with Gasteiger partial charge in [0, 0.05) is 19.0 Å². The maximum absolute atomic E-state index is 12.3. The Hall–Kier alpha value is -1.32. The summed E-state index contributed by atoms with van der Waals surface area (Å²) >= 11 is 0. The van der Waals surface area contributed by atoms with Crippen molar-refractivity contribution in [1.82, 2.24) is 4.90 Å². The molecule has 1 heterocycles. The maximum Gasteiger partial charge on any atom is 0.308 e. The van der Waals surface area contributed by atoms with Gasteiger partial charge in [-0.2, -0.15) is 0 Å². The minimum atomic E-state index is -0.136. The minimum Gasteiger partial charge on any atom is -0.469 e. The molecule has 100 valence electrons. The normalized spacial score (nSPS) is 24.9. The molecule has 1 unspecified atom stereocenters. The summed E-state index contributed by atoms with van der Waals surface area (Å²) in [7, 11) is 1.42. The molecule has 2 aliphatic rings. The van der Waals surface area contributed by atoms with Crippen LogP contribution < -0.4 is 0 Å². The highest BCUT2D eigenvalue weighted by molar-refractivity contribution is 5.80. The standard InChI is InChI=1S/C14H21NO3/c1-18-14(17)12-7-9-15(10-8-12)13(16)11-5-3-2-4-6-11/h2-3,11-12H,4-10H2,1H3. The van der Waals surface area contributed by atoms with Crippen LogP contribution in [0.2, 0.25) is 0 Å². The number of ether oxygens (including phenoxy) is 1. The van der Waals surface area contributed by atoms with Crippen molar-refractivity contribution in [3.8, 4) is 0 Å². The number of methoxy groups -OCH3 is 1. The highest BCUT2D eigenvalue weighted by Crippen LogP contribution is 2.24. The van der Waals surface area contributed by atoms with Crippen molar-refractivity contribution < 1.29 is 14.3 Å². The van der Waals surface area contributed by atoms with Crippen molar-refractivity contribution in [3.63, 3.8) is 0 Å². The molecule has 1 atom stereocenters. The first-order valence-corrected chi connectivity index (χ1v) is 6.74. The summed E-state index contributed by atoms with van der Waals surface area (Å²) in [6.07, 6.45) is 8.57. The van der Waals surface area contributed by atoms with E-state index in [2.05, 4.69) is 12.2 Å². The van der Waals surface area contributed by atoms with Gasteiger partial charge in [0.25, 0.3) is 0 Å². The van der Waals surface area contributed by atoms with Crippen LogP contribution in [-0.4, -0.2) is 37.0 Å². The van der Waals surface area contributed by atoms with Crippen LogP contribution in [0.1, 0.15) is 32.1 Å². The molecule has 0 spiro atoms. The van der Waals surface area contributed by atoms with E-state index in [0.29, 0.717) is 13.1 Å². The SMILES string of the molecule is COC(=O)C1CCN(C(=O)C2CC=CCC2)CC1. The highest BCUT2D eigenvalue weighted by Gasteiger charge is 2.30. The summed E-state index contributed by atoms with van der Waals surface area (Å²) in [5.74, 6) is 0.264. The van der Waals surface area contributed by atoms with Gasteiger partial charge in [-0.05, 0) is 32.1 Å². The zero-order valence-electron chi connectivity index (χ0n) is 10.9. The Labute approximate surface area is 108 Å². The number of likely N-dealkylation sites (tertiary alicyclic amines) is 1. The molecule has 1 saturated heterocycles. The third-order valence-corrected chi connectivity index (χ3v) is 3.96. The average molecular weight is 251 g/mol. The Balaban J connectivity index is 1.83. The van der Waals surface area contributed by atoms with Crippen LogP contribution in [-0.2, 0) is 14.3 Å². The van der Waals surface area contributed by atoms with Crippen LogP contribution in [0.3, 0.4) is 0 Å². The molecule has 4 heteroatoms. The predicted octanol–water partition coefficient (Wildman–Crippen LogP) is 1.75. The summed E-state index contributed by atoms with van der Waals surface area (Å²) in [4.78, 5) is 25.6. The lowest BCUT2D eigenvalue weighted by Crippen LogP contribution is -2.43. The first kappa shape index (κ1) is 13.1. The van der Waals surface area contributed by atoms with Crippen LogP contribution in [0, 0.1) is 11.8 Å². The van der Waals surface area contributed by atoms with Gasteiger partial charge in [0.1, 0.15) is 0 Å². The number of carbonyl (C=O) groups excluding carboxylic acids is 2. The van der Waals surface area contributed by atoms with Crippen LogP contribution >= 0.6 is 0 Å². The van der Waals surface area contributed by atoms with Gasteiger partial charge in [0.2, 0.25) is 5.91 Å². The molecular formula is C14H21NO3. The van der Waals surface area contributed by atoms with Gasteiger partial charge in [-0.25, -0.2) is 0 Å².